The van der Waals surface area contributed by atoms with E-state index in [-0.39, 0.29) is 24.8 Å². The van der Waals surface area contributed by atoms with Crippen molar-refractivity contribution in [2.75, 3.05) is 0 Å². The van der Waals surface area contributed by atoms with Crippen molar-refractivity contribution in [2.24, 2.45) is 5.92 Å². The molecule has 0 radical (unpaired) electrons. The molecule has 44 heavy (non-hydrogen) atoms. The van der Waals surface area contributed by atoms with Gasteiger partial charge in [0.2, 0.25) is 0 Å². The van der Waals surface area contributed by atoms with Gasteiger partial charge in [-0.3, -0.25) is 0 Å². The van der Waals surface area contributed by atoms with Crippen LogP contribution in [0.25, 0.3) is 51.3 Å². The molecule has 8 rings (SSSR count). The van der Waals surface area contributed by atoms with E-state index in [9.17, 15) is 0 Å². The average Bonchev–Trinajstić information content (AvgIpc) is 3.70. The van der Waals surface area contributed by atoms with Crippen LogP contribution in [0.2, 0.25) is 13.1 Å². The van der Waals surface area contributed by atoms with Crippen LogP contribution in [0, 0.1) is 5.92 Å². The molecule has 5 aromatic carbocycles. The summed E-state index contributed by atoms with van der Waals surface area (Å²) in [7, 11) is 0. The molecule has 3 aliphatic rings. The first-order chi connectivity index (χ1) is 20.5. The summed E-state index contributed by atoms with van der Waals surface area (Å²) in [6.45, 7) is 9.98. The molecule has 0 bridgehead atoms. The van der Waals surface area contributed by atoms with E-state index in [0.29, 0.717) is 15.5 Å². The summed E-state index contributed by atoms with van der Waals surface area (Å²) in [5.74, 6) is 0.228. The second-order valence-electron chi connectivity index (χ2n) is 12.7. The summed E-state index contributed by atoms with van der Waals surface area (Å²) in [4.78, 5) is 0. The molecule has 0 fully saturated rings. The quantitative estimate of drug-likeness (QED) is 0.221. The fourth-order valence-electron chi connectivity index (χ4n) is 7.87. The van der Waals surface area contributed by atoms with Crippen LogP contribution in [0.4, 0.5) is 0 Å². The first-order valence-electron chi connectivity index (χ1n) is 15.6. The second kappa shape index (κ2) is 12.4. The minimum absolute atomic E-state index is 0. The van der Waals surface area contributed by atoms with E-state index >= 15 is 0 Å². The van der Waals surface area contributed by atoms with Gasteiger partial charge in [-0.15, -0.1) is 0 Å². The predicted molar refractivity (Wildman–Crippen MR) is 180 cm³/mol. The number of allylic oxidation sites excluding steroid dienone is 1. The maximum atomic E-state index is 2.60. The fraction of sp³-hybridized carbons (Fsp3) is 0.200. The summed E-state index contributed by atoms with van der Waals surface area (Å²) >= 11 is -0.566. The third kappa shape index (κ3) is 4.80. The molecule has 0 nitrogen and oxygen atoms in total. The van der Waals surface area contributed by atoms with E-state index in [1.807, 2.05) is 0 Å². The van der Waals surface area contributed by atoms with Gasteiger partial charge in [0.1, 0.15) is 0 Å². The van der Waals surface area contributed by atoms with Gasteiger partial charge in [0, 0.05) is 0 Å². The van der Waals surface area contributed by atoms with E-state index in [1.165, 1.54) is 55.3 Å². The first kappa shape index (κ1) is 31.5. The molecule has 0 saturated heterocycles. The van der Waals surface area contributed by atoms with E-state index in [0.717, 1.165) is 6.42 Å². The average molecular weight is 707 g/mol. The molecular formula is C40H36Cl2SiZr. The van der Waals surface area contributed by atoms with Crippen LogP contribution in [-0.4, -0.2) is 5.92 Å². The number of hydrogen-bond acceptors (Lipinski definition) is 0. The molecule has 0 heterocycles. The van der Waals surface area contributed by atoms with Gasteiger partial charge in [-0.2, -0.15) is 0 Å². The third-order valence-corrected chi connectivity index (χ3v) is 19.8. The molecule has 0 aromatic heterocycles. The SMILES string of the molecule is CCC(C)C1=Cc2c(-c3ccc4c5c(cccc35)C=C4)cccc2C1c1cccc2c1[CH]([Zr+2][SiH](C)C)c1ccccc1-2.[Cl-].[Cl-]. The maximum absolute atomic E-state index is 2.60. The van der Waals surface area contributed by atoms with Crippen molar-refractivity contribution >= 4 is 34.9 Å². The van der Waals surface area contributed by atoms with Gasteiger partial charge in [0.25, 0.3) is 0 Å². The zero-order chi connectivity index (χ0) is 28.5. The first-order valence-corrected chi connectivity index (χ1v) is 24.2. The molecule has 0 spiro atoms. The Hall–Kier alpha value is -2.48. The summed E-state index contributed by atoms with van der Waals surface area (Å²) < 4.78 is 0.678. The third-order valence-electron chi connectivity index (χ3n) is 9.92. The summed E-state index contributed by atoms with van der Waals surface area (Å²) in [5, 5.41) is 2.77. The Morgan fingerprint density at radius 2 is 1.34 bits per heavy atom. The van der Waals surface area contributed by atoms with Crippen molar-refractivity contribution in [3.05, 3.63) is 136 Å². The van der Waals surface area contributed by atoms with E-state index in [2.05, 4.69) is 136 Å². The standard InChI is InChI=1S/C38H29.C2H7Si.2ClH.Zr/c1-3-23(2)34-22-36-29(30-20-19-25-18-17-24-10-6-14-31(30)37(24)25)13-8-16-33(36)38(34)32-15-7-12-28-27-11-5-4-9-26(27)21-35(28)32;1-3-2;;;/h4-23,38H,3H2,1-2H3;3H,1-2H3;2*1H;/q;;;;+2/p-2. The number of rotatable bonds is 6. The second-order valence-corrected chi connectivity index (χ2v) is 27.7. The molecule has 3 unspecified atom stereocenters. The van der Waals surface area contributed by atoms with Gasteiger partial charge < -0.3 is 24.8 Å². The predicted octanol–water partition coefficient (Wildman–Crippen LogP) is 4.71. The van der Waals surface area contributed by atoms with Crippen molar-refractivity contribution in [3.8, 4) is 22.3 Å². The van der Waals surface area contributed by atoms with Crippen molar-refractivity contribution < 1.29 is 47.2 Å². The fourth-order valence-corrected chi connectivity index (χ4v) is 17.8. The van der Waals surface area contributed by atoms with Crippen LogP contribution in [0.15, 0.2) is 96.6 Å². The monoisotopic (exact) mass is 704 g/mol. The number of benzene rings is 5. The molecule has 0 aliphatic heterocycles. The smallest absolute Gasteiger partial charge is 1.00 e. The summed E-state index contributed by atoms with van der Waals surface area (Å²) in [6, 6.07) is 35.2. The molecule has 4 heteroatoms. The Labute approximate surface area is 286 Å². The normalized spacial score (nSPS) is 17.3. The topological polar surface area (TPSA) is 0 Å². The Morgan fingerprint density at radius 1 is 0.682 bits per heavy atom. The Balaban J connectivity index is 0.00000171. The molecule has 3 atom stereocenters. The number of hydrogen-bond donors (Lipinski definition) is 0. The number of fused-ring (bicyclic) bond motifs is 4. The van der Waals surface area contributed by atoms with Crippen LogP contribution in [-0.2, 0) is 22.4 Å². The van der Waals surface area contributed by atoms with Crippen molar-refractivity contribution in [3.63, 3.8) is 0 Å². The van der Waals surface area contributed by atoms with Crippen LogP contribution in [0.1, 0.15) is 68.8 Å². The molecule has 0 saturated carbocycles. The van der Waals surface area contributed by atoms with Crippen LogP contribution < -0.4 is 24.8 Å². The van der Waals surface area contributed by atoms with Crippen LogP contribution >= 0.6 is 0 Å². The Morgan fingerprint density at radius 3 is 2.11 bits per heavy atom. The van der Waals surface area contributed by atoms with E-state index in [1.54, 1.807) is 22.3 Å². The van der Waals surface area contributed by atoms with Crippen molar-refractivity contribution in [1.29, 1.82) is 0 Å². The zero-order valence-corrected chi connectivity index (χ0v) is 30.8. The van der Waals surface area contributed by atoms with Gasteiger partial charge in [0.15, 0.2) is 0 Å². The molecule has 5 aromatic rings. The van der Waals surface area contributed by atoms with E-state index in [4.69, 9.17) is 0 Å². The van der Waals surface area contributed by atoms with Gasteiger partial charge in [-0.25, -0.2) is 0 Å². The van der Waals surface area contributed by atoms with Crippen LogP contribution in [0.3, 0.4) is 0 Å². The molecule has 0 amide bonds. The van der Waals surface area contributed by atoms with Gasteiger partial charge in [-0.1, -0.05) is 0 Å². The Bertz CT molecular complexity index is 1960. The van der Waals surface area contributed by atoms with Crippen molar-refractivity contribution in [2.45, 2.75) is 42.9 Å². The molecule has 0 N–H and O–H groups in total. The minimum atomic E-state index is -0.631. The molecular weight excluding hydrogens is 671 g/mol. The molecule has 218 valence electrons. The summed E-state index contributed by atoms with van der Waals surface area (Å²) in [5.41, 5.74) is 17.9. The summed E-state index contributed by atoms with van der Waals surface area (Å²) in [6.07, 6.45) is 8.29. The maximum Gasteiger partial charge on any atom is -1.00 e. The van der Waals surface area contributed by atoms with E-state index < -0.39 is 28.3 Å². The molecule has 3 aliphatic carbocycles. The van der Waals surface area contributed by atoms with Gasteiger partial charge in [-0.05, 0) is 0 Å². The largest absolute Gasteiger partial charge is 1.00 e. The Kier molecular flexibility index (Phi) is 8.86. The minimum Gasteiger partial charge on any atom is -1.00 e. The number of halogens is 2. The van der Waals surface area contributed by atoms with Gasteiger partial charge >= 0.3 is 264 Å². The van der Waals surface area contributed by atoms with Gasteiger partial charge in [0.05, 0.1) is 0 Å². The zero-order valence-electron chi connectivity index (χ0n) is 25.7. The van der Waals surface area contributed by atoms with Crippen molar-refractivity contribution in [1.82, 2.24) is 0 Å². The van der Waals surface area contributed by atoms with Crippen LogP contribution in [0.5, 0.6) is 0 Å².